The third-order valence-electron chi connectivity index (χ3n) is 1.52. The van der Waals surface area contributed by atoms with Gasteiger partial charge in [-0.3, -0.25) is 9.59 Å². The van der Waals surface area contributed by atoms with Crippen LogP contribution < -0.4 is 11.5 Å². The Morgan fingerprint density at radius 3 is 2.54 bits per heavy atom. The summed E-state index contributed by atoms with van der Waals surface area (Å²) in [5.74, 6) is -0.998. The van der Waals surface area contributed by atoms with Crippen molar-refractivity contribution in [3.05, 3.63) is 0 Å². The SMILES string of the molecule is CCCCC(=O)OC[C@@H](N)C(N)=O. The molecule has 0 aliphatic heterocycles. The van der Waals surface area contributed by atoms with E-state index in [1.807, 2.05) is 6.92 Å². The summed E-state index contributed by atoms with van der Waals surface area (Å²) < 4.78 is 4.70. The monoisotopic (exact) mass is 188 g/mol. The van der Waals surface area contributed by atoms with E-state index in [1.165, 1.54) is 0 Å². The number of esters is 1. The van der Waals surface area contributed by atoms with Gasteiger partial charge in [0.15, 0.2) is 0 Å². The Labute approximate surface area is 77.4 Å². The first-order chi connectivity index (χ1) is 6.07. The van der Waals surface area contributed by atoms with E-state index in [1.54, 1.807) is 0 Å². The average Bonchev–Trinajstić information content (AvgIpc) is 2.10. The predicted molar refractivity (Wildman–Crippen MR) is 47.7 cm³/mol. The van der Waals surface area contributed by atoms with Crippen molar-refractivity contribution in [3.8, 4) is 0 Å². The molecule has 5 nitrogen and oxygen atoms in total. The molecule has 0 aliphatic carbocycles. The van der Waals surface area contributed by atoms with Gasteiger partial charge in [0.05, 0.1) is 0 Å². The molecule has 0 heterocycles. The summed E-state index contributed by atoms with van der Waals surface area (Å²) in [6.45, 7) is 1.85. The highest BCUT2D eigenvalue weighted by Crippen LogP contribution is 1.96. The van der Waals surface area contributed by atoms with Crippen LogP contribution in [0, 0.1) is 0 Å². The second kappa shape index (κ2) is 6.42. The minimum atomic E-state index is -0.898. The van der Waals surface area contributed by atoms with Gasteiger partial charge in [0, 0.05) is 6.42 Å². The topological polar surface area (TPSA) is 95.4 Å². The molecule has 0 aromatic heterocycles. The molecule has 0 spiro atoms. The number of unbranched alkanes of at least 4 members (excludes halogenated alkanes) is 1. The number of hydrogen-bond acceptors (Lipinski definition) is 4. The second-order valence-electron chi connectivity index (χ2n) is 2.80. The minimum absolute atomic E-state index is 0.127. The van der Waals surface area contributed by atoms with E-state index in [0.29, 0.717) is 6.42 Å². The summed E-state index contributed by atoms with van der Waals surface area (Å²) in [6, 6.07) is -0.898. The van der Waals surface area contributed by atoms with E-state index in [-0.39, 0.29) is 12.6 Å². The Hall–Kier alpha value is -1.10. The number of carbonyl (C=O) groups is 2. The van der Waals surface area contributed by atoms with Crippen LogP contribution in [0.4, 0.5) is 0 Å². The largest absolute Gasteiger partial charge is 0.463 e. The molecule has 0 aliphatic rings. The molecular formula is C8H16N2O3. The van der Waals surface area contributed by atoms with Gasteiger partial charge in [0.1, 0.15) is 12.6 Å². The van der Waals surface area contributed by atoms with Crippen molar-refractivity contribution in [2.45, 2.75) is 32.2 Å². The zero-order valence-electron chi connectivity index (χ0n) is 7.79. The number of primary amides is 1. The maximum Gasteiger partial charge on any atom is 0.305 e. The molecule has 13 heavy (non-hydrogen) atoms. The van der Waals surface area contributed by atoms with E-state index >= 15 is 0 Å². The number of amides is 1. The summed E-state index contributed by atoms with van der Waals surface area (Å²) in [6.07, 6.45) is 2.07. The molecule has 0 fully saturated rings. The van der Waals surface area contributed by atoms with Crippen LogP contribution in [-0.2, 0) is 14.3 Å². The van der Waals surface area contributed by atoms with E-state index in [2.05, 4.69) is 0 Å². The lowest BCUT2D eigenvalue weighted by molar-refractivity contribution is -0.144. The van der Waals surface area contributed by atoms with Gasteiger partial charge in [0.2, 0.25) is 5.91 Å². The zero-order chi connectivity index (χ0) is 10.3. The number of carbonyl (C=O) groups excluding carboxylic acids is 2. The Kier molecular flexibility index (Phi) is 5.88. The highest BCUT2D eigenvalue weighted by atomic mass is 16.5. The molecule has 0 saturated heterocycles. The molecule has 0 rings (SSSR count). The van der Waals surface area contributed by atoms with Crippen LogP contribution in [0.2, 0.25) is 0 Å². The van der Waals surface area contributed by atoms with Gasteiger partial charge in [-0.05, 0) is 6.42 Å². The number of ether oxygens (including phenoxy) is 1. The predicted octanol–water partition coefficient (Wildman–Crippen LogP) is -0.468. The Balaban J connectivity index is 3.52. The lowest BCUT2D eigenvalue weighted by atomic mass is 10.2. The van der Waals surface area contributed by atoms with Crippen molar-refractivity contribution < 1.29 is 14.3 Å². The lowest BCUT2D eigenvalue weighted by Crippen LogP contribution is -2.40. The van der Waals surface area contributed by atoms with Gasteiger partial charge in [0.25, 0.3) is 0 Å². The first kappa shape index (κ1) is 11.9. The second-order valence-corrected chi connectivity index (χ2v) is 2.80. The maximum absolute atomic E-state index is 10.9. The molecule has 0 bridgehead atoms. The van der Waals surface area contributed by atoms with Crippen LogP contribution in [0.1, 0.15) is 26.2 Å². The fourth-order valence-electron chi connectivity index (χ4n) is 0.658. The highest BCUT2D eigenvalue weighted by Gasteiger charge is 2.11. The molecule has 4 N–H and O–H groups in total. The minimum Gasteiger partial charge on any atom is -0.463 e. The molecule has 0 radical (unpaired) electrons. The van der Waals surface area contributed by atoms with E-state index < -0.39 is 11.9 Å². The van der Waals surface area contributed by atoms with Crippen molar-refractivity contribution in [3.63, 3.8) is 0 Å². The van der Waals surface area contributed by atoms with Gasteiger partial charge in [-0.15, -0.1) is 0 Å². The summed E-state index contributed by atoms with van der Waals surface area (Å²) >= 11 is 0. The summed E-state index contributed by atoms with van der Waals surface area (Å²) in [5, 5.41) is 0. The van der Waals surface area contributed by atoms with Crippen LogP contribution in [-0.4, -0.2) is 24.5 Å². The normalized spacial score (nSPS) is 12.2. The van der Waals surface area contributed by atoms with Crippen LogP contribution in [0.25, 0.3) is 0 Å². The molecular weight excluding hydrogens is 172 g/mol. The summed E-state index contributed by atoms with van der Waals surface area (Å²) in [4.78, 5) is 21.3. The van der Waals surface area contributed by atoms with E-state index in [4.69, 9.17) is 16.2 Å². The first-order valence-corrected chi connectivity index (χ1v) is 4.28. The van der Waals surface area contributed by atoms with E-state index in [9.17, 15) is 9.59 Å². The lowest BCUT2D eigenvalue weighted by Gasteiger charge is -2.07. The fraction of sp³-hybridized carbons (Fsp3) is 0.750. The summed E-state index contributed by atoms with van der Waals surface area (Å²) in [7, 11) is 0. The zero-order valence-corrected chi connectivity index (χ0v) is 7.79. The molecule has 0 unspecified atom stereocenters. The van der Waals surface area contributed by atoms with Crippen molar-refractivity contribution >= 4 is 11.9 Å². The highest BCUT2D eigenvalue weighted by molar-refractivity contribution is 5.80. The van der Waals surface area contributed by atoms with Crippen LogP contribution in [0.3, 0.4) is 0 Å². The van der Waals surface area contributed by atoms with Crippen molar-refractivity contribution in [2.24, 2.45) is 11.5 Å². The Bertz CT molecular complexity index is 182. The Morgan fingerprint density at radius 2 is 2.08 bits per heavy atom. The first-order valence-electron chi connectivity index (χ1n) is 4.28. The van der Waals surface area contributed by atoms with Crippen LogP contribution in [0.5, 0.6) is 0 Å². The molecule has 5 heteroatoms. The molecule has 0 aromatic carbocycles. The number of hydrogen-bond donors (Lipinski definition) is 2. The van der Waals surface area contributed by atoms with E-state index in [0.717, 1.165) is 12.8 Å². The quantitative estimate of drug-likeness (QED) is 0.551. The third kappa shape index (κ3) is 6.10. The van der Waals surface area contributed by atoms with Crippen molar-refractivity contribution in [1.29, 1.82) is 0 Å². The maximum atomic E-state index is 10.9. The smallest absolute Gasteiger partial charge is 0.305 e. The summed E-state index contributed by atoms with van der Waals surface area (Å²) in [5.41, 5.74) is 10.1. The van der Waals surface area contributed by atoms with Crippen molar-refractivity contribution in [2.75, 3.05) is 6.61 Å². The fourth-order valence-corrected chi connectivity index (χ4v) is 0.658. The van der Waals surface area contributed by atoms with Gasteiger partial charge < -0.3 is 16.2 Å². The molecule has 1 atom stereocenters. The van der Waals surface area contributed by atoms with Crippen LogP contribution >= 0.6 is 0 Å². The Morgan fingerprint density at radius 1 is 1.46 bits per heavy atom. The number of rotatable bonds is 6. The third-order valence-corrected chi connectivity index (χ3v) is 1.52. The van der Waals surface area contributed by atoms with Crippen molar-refractivity contribution in [1.82, 2.24) is 0 Å². The molecule has 0 saturated carbocycles. The molecule has 1 amide bonds. The van der Waals surface area contributed by atoms with Crippen LogP contribution in [0.15, 0.2) is 0 Å². The average molecular weight is 188 g/mol. The molecule has 0 aromatic rings. The standard InChI is InChI=1S/C8H16N2O3/c1-2-3-4-7(11)13-5-6(9)8(10)12/h6H,2-5,9H2,1H3,(H2,10,12)/t6-/m1/s1. The van der Waals surface area contributed by atoms with Gasteiger partial charge >= 0.3 is 5.97 Å². The van der Waals surface area contributed by atoms with Gasteiger partial charge in [-0.25, -0.2) is 0 Å². The van der Waals surface area contributed by atoms with Gasteiger partial charge in [-0.2, -0.15) is 0 Å². The van der Waals surface area contributed by atoms with Gasteiger partial charge in [-0.1, -0.05) is 13.3 Å². The molecule has 76 valence electrons. The number of nitrogens with two attached hydrogens (primary N) is 2.